The van der Waals surface area contributed by atoms with Gasteiger partial charge in [0.25, 0.3) is 0 Å². The van der Waals surface area contributed by atoms with Crippen LogP contribution in [0.4, 0.5) is 4.39 Å². The van der Waals surface area contributed by atoms with E-state index in [2.05, 4.69) is 20.9 Å². The van der Waals surface area contributed by atoms with Gasteiger partial charge in [-0.1, -0.05) is 22.0 Å². The van der Waals surface area contributed by atoms with Gasteiger partial charge in [0.1, 0.15) is 5.82 Å². The number of aliphatic imine (C=N–C) groups is 1. The van der Waals surface area contributed by atoms with Gasteiger partial charge < -0.3 is 10.6 Å². The number of hydrogen-bond donors (Lipinski definition) is 1. The minimum absolute atomic E-state index is 0.171. The predicted molar refractivity (Wildman–Crippen MR) is 81.8 cm³/mol. The smallest absolute Gasteiger partial charge is 0.191 e. The molecule has 0 aliphatic heterocycles. The minimum atomic E-state index is -0.171. The van der Waals surface area contributed by atoms with E-state index in [1.807, 2.05) is 24.8 Å². The Hall–Kier alpha value is -1.10. The van der Waals surface area contributed by atoms with E-state index in [1.54, 1.807) is 6.07 Å². The van der Waals surface area contributed by atoms with Crippen molar-refractivity contribution in [2.75, 3.05) is 19.6 Å². The minimum Gasteiger partial charge on any atom is -0.370 e. The van der Waals surface area contributed by atoms with Crippen LogP contribution >= 0.6 is 15.9 Å². The van der Waals surface area contributed by atoms with E-state index in [-0.39, 0.29) is 5.82 Å². The fourth-order valence-corrected chi connectivity index (χ4v) is 2.17. The van der Waals surface area contributed by atoms with Gasteiger partial charge in [0.2, 0.25) is 0 Å². The maximum atomic E-state index is 13.6. The Balaban J connectivity index is 2.44. The first-order valence-corrected chi connectivity index (χ1v) is 7.36. The van der Waals surface area contributed by atoms with Crippen LogP contribution in [0, 0.1) is 5.82 Å². The highest BCUT2D eigenvalue weighted by Crippen LogP contribution is 2.16. The van der Waals surface area contributed by atoms with Crippen LogP contribution < -0.4 is 5.73 Å². The van der Waals surface area contributed by atoms with Crippen LogP contribution in [0.5, 0.6) is 0 Å². The molecule has 0 aliphatic carbocycles. The van der Waals surface area contributed by atoms with Gasteiger partial charge in [0.15, 0.2) is 5.96 Å². The summed E-state index contributed by atoms with van der Waals surface area (Å²) in [6.07, 6.45) is 1.47. The first-order chi connectivity index (χ1) is 9.08. The first-order valence-electron chi connectivity index (χ1n) is 6.57. The van der Waals surface area contributed by atoms with E-state index in [4.69, 9.17) is 5.73 Å². The van der Waals surface area contributed by atoms with Crippen molar-refractivity contribution in [3.63, 3.8) is 0 Å². The van der Waals surface area contributed by atoms with E-state index in [0.29, 0.717) is 18.9 Å². The Morgan fingerprint density at radius 2 is 2.05 bits per heavy atom. The highest BCUT2D eigenvalue weighted by molar-refractivity contribution is 9.10. The van der Waals surface area contributed by atoms with E-state index in [1.165, 1.54) is 6.07 Å². The van der Waals surface area contributed by atoms with Gasteiger partial charge in [0, 0.05) is 24.1 Å². The topological polar surface area (TPSA) is 41.6 Å². The standard InChI is InChI=1S/C14H21BrFN3/c1-3-19(4-2)14(17)18-9-5-6-11-7-8-12(15)10-13(11)16/h7-8,10H,3-6,9H2,1-2H3,(H2,17,18). The Bertz CT molecular complexity index is 431. The average molecular weight is 330 g/mol. The van der Waals surface area contributed by atoms with Crippen LogP contribution in [0.1, 0.15) is 25.8 Å². The van der Waals surface area contributed by atoms with Crippen molar-refractivity contribution < 1.29 is 4.39 Å². The van der Waals surface area contributed by atoms with Crippen molar-refractivity contribution in [2.45, 2.75) is 26.7 Å². The highest BCUT2D eigenvalue weighted by Gasteiger charge is 2.03. The van der Waals surface area contributed by atoms with E-state index in [0.717, 1.165) is 29.5 Å². The number of rotatable bonds is 6. The number of halogens is 2. The first kappa shape index (κ1) is 16.0. The van der Waals surface area contributed by atoms with Gasteiger partial charge in [-0.25, -0.2) is 4.39 Å². The van der Waals surface area contributed by atoms with E-state index in [9.17, 15) is 4.39 Å². The monoisotopic (exact) mass is 329 g/mol. The van der Waals surface area contributed by atoms with E-state index >= 15 is 0 Å². The molecule has 0 aliphatic rings. The molecule has 1 aromatic carbocycles. The van der Waals surface area contributed by atoms with Crippen LogP contribution in [-0.4, -0.2) is 30.5 Å². The molecule has 2 N–H and O–H groups in total. The van der Waals surface area contributed by atoms with Crippen LogP contribution in [0.3, 0.4) is 0 Å². The fourth-order valence-electron chi connectivity index (χ4n) is 1.84. The molecule has 106 valence electrons. The van der Waals surface area contributed by atoms with Crippen molar-refractivity contribution in [3.05, 3.63) is 34.1 Å². The molecule has 19 heavy (non-hydrogen) atoms. The number of guanidine groups is 1. The number of aryl methyl sites for hydroxylation is 1. The van der Waals surface area contributed by atoms with E-state index < -0.39 is 0 Å². The Labute approximate surface area is 122 Å². The predicted octanol–water partition coefficient (Wildman–Crippen LogP) is 3.18. The maximum absolute atomic E-state index is 13.6. The van der Waals surface area contributed by atoms with Crippen LogP contribution in [-0.2, 0) is 6.42 Å². The summed E-state index contributed by atoms with van der Waals surface area (Å²) < 4.78 is 14.3. The van der Waals surface area contributed by atoms with Gasteiger partial charge in [-0.2, -0.15) is 0 Å². The molecule has 1 aromatic rings. The lowest BCUT2D eigenvalue weighted by atomic mass is 10.1. The quantitative estimate of drug-likeness (QED) is 0.494. The molecule has 0 saturated heterocycles. The fraction of sp³-hybridized carbons (Fsp3) is 0.500. The van der Waals surface area contributed by atoms with Crippen molar-refractivity contribution in [2.24, 2.45) is 10.7 Å². The number of benzene rings is 1. The summed E-state index contributed by atoms with van der Waals surface area (Å²) in [5, 5.41) is 0. The molecule has 0 atom stereocenters. The van der Waals surface area contributed by atoms with Gasteiger partial charge in [-0.05, 0) is 44.4 Å². The van der Waals surface area contributed by atoms with Crippen LogP contribution in [0.15, 0.2) is 27.7 Å². The molecule has 0 bridgehead atoms. The summed E-state index contributed by atoms with van der Waals surface area (Å²) in [5.41, 5.74) is 6.59. The molecule has 5 heteroatoms. The highest BCUT2D eigenvalue weighted by atomic mass is 79.9. The summed E-state index contributed by atoms with van der Waals surface area (Å²) in [4.78, 5) is 6.32. The zero-order valence-electron chi connectivity index (χ0n) is 11.5. The third-order valence-corrected chi connectivity index (χ3v) is 3.47. The van der Waals surface area contributed by atoms with Crippen LogP contribution in [0.2, 0.25) is 0 Å². The van der Waals surface area contributed by atoms with Gasteiger partial charge in [-0.3, -0.25) is 4.99 Å². The summed E-state index contributed by atoms with van der Waals surface area (Å²) in [7, 11) is 0. The summed E-state index contributed by atoms with van der Waals surface area (Å²) in [6.45, 7) is 6.42. The third kappa shape index (κ3) is 5.19. The molecular formula is C14H21BrFN3. The lowest BCUT2D eigenvalue weighted by Gasteiger charge is -2.19. The van der Waals surface area contributed by atoms with Crippen molar-refractivity contribution in [1.29, 1.82) is 0 Å². The molecule has 1 rings (SSSR count). The zero-order valence-corrected chi connectivity index (χ0v) is 13.1. The third-order valence-electron chi connectivity index (χ3n) is 2.98. The van der Waals surface area contributed by atoms with Crippen molar-refractivity contribution in [1.82, 2.24) is 4.90 Å². The molecular weight excluding hydrogens is 309 g/mol. The molecule has 3 nitrogen and oxygen atoms in total. The molecule has 0 spiro atoms. The van der Waals surface area contributed by atoms with Crippen molar-refractivity contribution >= 4 is 21.9 Å². The van der Waals surface area contributed by atoms with Crippen molar-refractivity contribution in [3.8, 4) is 0 Å². The van der Waals surface area contributed by atoms with Gasteiger partial charge in [0.05, 0.1) is 0 Å². The molecule has 0 heterocycles. The molecule has 0 fully saturated rings. The van der Waals surface area contributed by atoms with Gasteiger partial charge >= 0.3 is 0 Å². The maximum Gasteiger partial charge on any atom is 0.191 e. The molecule has 0 unspecified atom stereocenters. The van der Waals surface area contributed by atoms with Crippen LogP contribution in [0.25, 0.3) is 0 Å². The lowest BCUT2D eigenvalue weighted by Crippen LogP contribution is -2.37. The zero-order chi connectivity index (χ0) is 14.3. The number of hydrogen-bond acceptors (Lipinski definition) is 1. The molecule has 0 saturated carbocycles. The second-order valence-corrected chi connectivity index (χ2v) is 5.17. The molecule has 0 amide bonds. The number of nitrogens with two attached hydrogens (primary N) is 1. The normalized spacial score (nSPS) is 11.7. The Kier molecular flexibility index (Phi) is 6.84. The Morgan fingerprint density at radius 1 is 1.37 bits per heavy atom. The average Bonchev–Trinajstić information content (AvgIpc) is 2.38. The summed E-state index contributed by atoms with van der Waals surface area (Å²) in [5.74, 6) is 0.399. The SMILES string of the molecule is CCN(CC)C(N)=NCCCc1ccc(Br)cc1F. The second-order valence-electron chi connectivity index (χ2n) is 4.25. The molecule has 0 radical (unpaired) electrons. The molecule has 0 aromatic heterocycles. The van der Waals surface area contributed by atoms with Gasteiger partial charge in [-0.15, -0.1) is 0 Å². The summed E-state index contributed by atoms with van der Waals surface area (Å²) in [6, 6.07) is 5.14. The lowest BCUT2D eigenvalue weighted by molar-refractivity contribution is 0.458. The summed E-state index contributed by atoms with van der Waals surface area (Å²) >= 11 is 3.25. The largest absolute Gasteiger partial charge is 0.370 e. The second kappa shape index (κ2) is 8.15. The Morgan fingerprint density at radius 3 is 2.63 bits per heavy atom. The number of nitrogens with zero attached hydrogens (tertiary/aromatic N) is 2.